The number of carbonyl (C=O) groups is 2. The summed E-state index contributed by atoms with van der Waals surface area (Å²) in [6, 6.07) is 26.4. The summed E-state index contributed by atoms with van der Waals surface area (Å²) in [5.74, 6) is 0.383. The van der Waals surface area contributed by atoms with E-state index >= 15 is 0 Å². The highest BCUT2D eigenvalue weighted by molar-refractivity contribution is 5.87. The zero-order valence-electron chi connectivity index (χ0n) is 18.0. The van der Waals surface area contributed by atoms with Crippen molar-refractivity contribution < 1.29 is 14.3 Å². The molecule has 0 spiro atoms. The summed E-state index contributed by atoms with van der Waals surface area (Å²) in [5, 5.41) is 3.00. The lowest BCUT2D eigenvalue weighted by atomic mass is 10.0. The maximum absolute atomic E-state index is 13.3. The zero-order chi connectivity index (χ0) is 22.1. The third-order valence-electron chi connectivity index (χ3n) is 5.20. The number of nitrogens with one attached hydrogen (secondary N) is 1. The minimum atomic E-state index is -0.630. The Morgan fingerprint density at radius 1 is 0.871 bits per heavy atom. The summed E-state index contributed by atoms with van der Waals surface area (Å²) in [6.45, 7) is 2.20. The Morgan fingerprint density at radius 3 is 2.06 bits per heavy atom. The first-order chi connectivity index (χ1) is 15.1. The van der Waals surface area contributed by atoms with E-state index in [-0.39, 0.29) is 11.8 Å². The van der Waals surface area contributed by atoms with Gasteiger partial charge in [-0.3, -0.25) is 9.59 Å². The molecule has 0 aromatic heterocycles. The molecule has 0 bridgehead atoms. The summed E-state index contributed by atoms with van der Waals surface area (Å²) in [5.41, 5.74) is 2.86. The molecule has 5 nitrogen and oxygen atoms in total. The number of carbonyl (C=O) groups excluding carboxylic acids is 2. The molecule has 5 heteroatoms. The van der Waals surface area contributed by atoms with Gasteiger partial charge in [0.2, 0.25) is 11.8 Å². The van der Waals surface area contributed by atoms with Crippen molar-refractivity contribution in [2.45, 2.75) is 32.5 Å². The topological polar surface area (TPSA) is 58.6 Å². The predicted molar refractivity (Wildman–Crippen MR) is 121 cm³/mol. The summed E-state index contributed by atoms with van der Waals surface area (Å²) in [7, 11) is 1.61. The lowest BCUT2D eigenvalue weighted by Gasteiger charge is -2.30. The fourth-order valence-electron chi connectivity index (χ4n) is 3.55. The largest absolute Gasteiger partial charge is 0.496 e. The van der Waals surface area contributed by atoms with Gasteiger partial charge in [-0.15, -0.1) is 0 Å². The molecular formula is C26H28N2O3. The van der Waals surface area contributed by atoms with Crippen molar-refractivity contribution in [1.29, 1.82) is 0 Å². The Labute approximate surface area is 183 Å². The first kappa shape index (κ1) is 22.1. The van der Waals surface area contributed by atoms with Crippen LogP contribution in [0.15, 0.2) is 84.9 Å². The van der Waals surface area contributed by atoms with Crippen LogP contribution in [0.3, 0.4) is 0 Å². The van der Waals surface area contributed by atoms with Gasteiger partial charge in [-0.1, -0.05) is 78.9 Å². The number of amides is 2. The van der Waals surface area contributed by atoms with Crippen molar-refractivity contribution in [2.75, 3.05) is 7.11 Å². The van der Waals surface area contributed by atoms with Crippen LogP contribution >= 0.6 is 0 Å². The second-order valence-corrected chi connectivity index (χ2v) is 7.37. The van der Waals surface area contributed by atoms with E-state index in [0.29, 0.717) is 19.5 Å². The van der Waals surface area contributed by atoms with Crippen LogP contribution in [0.5, 0.6) is 5.75 Å². The number of rotatable bonds is 9. The van der Waals surface area contributed by atoms with Crippen LogP contribution in [0.25, 0.3) is 0 Å². The van der Waals surface area contributed by atoms with Gasteiger partial charge in [-0.2, -0.15) is 0 Å². The molecule has 160 valence electrons. The van der Waals surface area contributed by atoms with Gasteiger partial charge >= 0.3 is 0 Å². The van der Waals surface area contributed by atoms with Crippen LogP contribution < -0.4 is 10.1 Å². The molecule has 0 fully saturated rings. The quantitative estimate of drug-likeness (QED) is 0.574. The maximum atomic E-state index is 13.3. The Kier molecular flexibility index (Phi) is 7.82. The van der Waals surface area contributed by atoms with E-state index in [1.165, 1.54) is 6.92 Å². The molecule has 0 unspecified atom stereocenters. The first-order valence-corrected chi connectivity index (χ1v) is 10.3. The number of benzene rings is 3. The van der Waals surface area contributed by atoms with E-state index < -0.39 is 6.04 Å². The Morgan fingerprint density at radius 2 is 1.45 bits per heavy atom. The highest BCUT2D eigenvalue weighted by Crippen LogP contribution is 2.18. The van der Waals surface area contributed by atoms with Gasteiger partial charge in [-0.25, -0.2) is 0 Å². The SMILES string of the molecule is COc1ccccc1CNC(=O)[C@@H](Cc1ccccc1)N(Cc1ccccc1)C(C)=O. The minimum absolute atomic E-state index is 0.141. The maximum Gasteiger partial charge on any atom is 0.243 e. The molecule has 2 amide bonds. The molecule has 0 radical (unpaired) electrons. The molecule has 0 aliphatic carbocycles. The van der Waals surface area contributed by atoms with Gasteiger partial charge in [0.1, 0.15) is 11.8 Å². The molecule has 3 rings (SSSR count). The number of nitrogens with zero attached hydrogens (tertiary/aromatic N) is 1. The average Bonchev–Trinajstić information content (AvgIpc) is 2.81. The van der Waals surface area contributed by atoms with Gasteiger partial charge in [-0.05, 0) is 17.2 Å². The van der Waals surface area contributed by atoms with Crippen LogP contribution in [0.2, 0.25) is 0 Å². The van der Waals surface area contributed by atoms with Crippen LogP contribution in [0.1, 0.15) is 23.6 Å². The fourth-order valence-corrected chi connectivity index (χ4v) is 3.55. The number of para-hydroxylation sites is 1. The average molecular weight is 417 g/mol. The molecule has 0 heterocycles. The standard InChI is InChI=1S/C26H28N2O3/c1-20(29)28(19-22-13-7-4-8-14-22)24(17-21-11-5-3-6-12-21)26(30)27-18-23-15-9-10-16-25(23)31-2/h3-16,24H,17-19H2,1-2H3,(H,27,30)/t24-/m1/s1. The molecule has 31 heavy (non-hydrogen) atoms. The first-order valence-electron chi connectivity index (χ1n) is 10.3. The van der Waals surface area contributed by atoms with Crippen LogP contribution in [-0.2, 0) is 29.1 Å². The van der Waals surface area contributed by atoms with Gasteiger partial charge < -0.3 is 15.0 Å². The zero-order valence-corrected chi connectivity index (χ0v) is 18.0. The van der Waals surface area contributed by atoms with Crippen molar-refractivity contribution in [3.63, 3.8) is 0 Å². The van der Waals surface area contributed by atoms with E-state index in [1.54, 1.807) is 12.0 Å². The van der Waals surface area contributed by atoms with Crippen molar-refractivity contribution in [1.82, 2.24) is 10.2 Å². The summed E-state index contributed by atoms with van der Waals surface area (Å²) in [6.07, 6.45) is 0.436. The van der Waals surface area contributed by atoms with Crippen LogP contribution in [-0.4, -0.2) is 29.9 Å². The van der Waals surface area contributed by atoms with Crippen LogP contribution in [0.4, 0.5) is 0 Å². The van der Waals surface area contributed by atoms with Gasteiger partial charge in [0.25, 0.3) is 0 Å². The third-order valence-corrected chi connectivity index (χ3v) is 5.20. The van der Waals surface area contributed by atoms with Gasteiger partial charge in [0.15, 0.2) is 0 Å². The predicted octanol–water partition coefficient (Wildman–Crippen LogP) is 3.97. The third kappa shape index (κ3) is 6.19. The molecular weight excluding hydrogens is 388 g/mol. The Balaban J connectivity index is 1.83. The molecule has 1 N–H and O–H groups in total. The van der Waals surface area contributed by atoms with Crippen molar-refractivity contribution in [2.24, 2.45) is 0 Å². The Bertz CT molecular complexity index is 990. The van der Waals surface area contributed by atoms with Crippen LogP contribution in [0, 0.1) is 0 Å². The molecule has 3 aromatic rings. The highest BCUT2D eigenvalue weighted by Gasteiger charge is 2.28. The van der Waals surface area contributed by atoms with Crippen molar-refractivity contribution >= 4 is 11.8 Å². The minimum Gasteiger partial charge on any atom is -0.496 e. The number of methoxy groups -OCH3 is 1. The second kappa shape index (κ2) is 11.0. The second-order valence-electron chi connectivity index (χ2n) is 7.37. The molecule has 0 saturated carbocycles. The lowest BCUT2D eigenvalue weighted by molar-refractivity contribution is -0.139. The van der Waals surface area contributed by atoms with Gasteiger partial charge in [0.05, 0.1) is 7.11 Å². The normalized spacial score (nSPS) is 11.4. The molecule has 3 aromatic carbocycles. The van der Waals surface area contributed by atoms with E-state index in [4.69, 9.17) is 4.74 Å². The number of ether oxygens (including phenoxy) is 1. The smallest absolute Gasteiger partial charge is 0.243 e. The van der Waals surface area contributed by atoms with E-state index in [2.05, 4.69) is 5.32 Å². The molecule has 0 aliphatic rings. The lowest BCUT2D eigenvalue weighted by Crippen LogP contribution is -2.49. The highest BCUT2D eigenvalue weighted by atomic mass is 16.5. The summed E-state index contributed by atoms with van der Waals surface area (Å²) >= 11 is 0. The van der Waals surface area contributed by atoms with Gasteiger partial charge in [0, 0.05) is 32.0 Å². The monoisotopic (exact) mass is 416 g/mol. The summed E-state index contributed by atoms with van der Waals surface area (Å²) < 4.78 is 5.38. The fraction of sp³-hybridized carbons (Fsp3) is 0.231. The summed E-state index contributed by atoms with van der Waals surface area (Å²) in [4.78, 5) is 27.5. The Hall–Kier alpha value is -3.60. The van der Waals surface area contributed by atoms with E-state index in [0.717, 1.165) is 22.4 Å². The number of hydrogen-bond donors (Lipinski definition) is 1. The molecule has 0 saturated heterocycles. The van der Waals surface area contributed by atoms with Crippen molar-refractivity contribution in [3.8, 4) is 5.75 Å². The molecule has 0 aliphatic heterocycles. The number of hydrogen-bond acceptors (Lipinski definition) is 3. The van der Waals surface area contributed by atoms with Crippen molar-refractivity contribution in [3.05, 3.63) is 102 Å². The van der Waals surface area contributed by atoms with E-state index in [1.807, 2.05) is 84.9 Å². The van der Waals surface area contributed by atoms with E-state index in [9.17, 15) is 9.59 Å². The molecule has 1 atom stereocenters.